The molecule has 1 aliphatic carbocycles. The molecule has 0 atom stereocenters. The van der Waals surface area contributed by atoms with Gasteiger partial charge < -0.3 is 24.4 Å². The monoisotopic (exact) mass is 502 g/mol. The predicted molar refractivity (Wildman–Crippen MR) is 152 cm³/mol. The number of rotatable bonds is 9. The van der Waals surface area contributed by atoms with Crippen molar-refractivity contribution in [1.82, 2.24) is 4.90 Å². The van der Waals surface area contributed by atoms with Crippen molar-refractivity contribution < 1.29 is 14.6 Å². The van der Waals surface area contributed by atoms with Gasteiger partial charge in [0.25, 0.3) is 0 Å². The fraction of sp³-hybridized carbons (Fsp3) is 0.438. The summed E-state index contributed by atoms with van der Waals surface area (Å²) >= 11 is 0. The van der Waals surface area contributed by atoms with E-state index in [1.807, 2.05) is 24.3 Å². The van der Waals surface area contributed by atoms with Gasteiger partial charge >= 0.3 is 0 Å². The van der Waals surface area contributed by atoms with Crippen LogP contribution in [0.25, 0.3) is 0 Å². The number of phenolic OH excluding ortho intramolecular Hbond substituents is 1. The van der Waals surface area contributed by atoms with Crippen LogP contribution < -0.4 is 14.4 Å². The first-order chi connectivity index (χ1) is 18.1. The van der Waals surface area contributed by atoms with Gasteiger partial charge in [-0.25, -0.2) is 0 Å². The summed E-state index contributed by atoms with van der Waals surface area (Å²) in [5.74, 6) is 1.94. The largest absolute Gasteiger partial charge is 0.508 e. The molecule has 0 unspecified atom stereocenters. The van der Waals surface area contributed by atoms with Crippen molar-refractivity contribution in [3.63, 3.8) is 0 Å². The molecular formula is C32H42N2O3. The Morgan fingerprint density at radius 1 is 0.784 bits per heavy atom. The topological polar surface area (TPSA) is 45.2 Å². The quantitative estimate of drug-likeness (QED) is 0.375. The number of ether oxygens (including phenoxy) is 2. The Balaban J connectivity index is 0.000000241. The summed E-state index contributed by atoms with van der Waals surface area (Å²) in [5, 5.41) is 9.19. The fourth-order valence-corrected chi connectivity index (χ4v) is 5.05. The van der Waals surface area contributed by atoms with Crippen LogP contribution in [0.5, 0.6) is 17.2 Å². The minimum absolute atomic E-state index is 0.408. The van der Waals surface area contributed by atoms with E-state index in [0.29, 0.717) is 5.75 Å². The maximum absolute atomic E-state index is 9.19. The first kappa shape index (κ1) is 26.9. The molecule has 1 saturated heterocycles. The predicted octanol–water partition coefficient (Wildman–Crippen LogP) is 6.25. The summed E-state index contributed by atoms with van der Waals surface area (Å²) in [4.78, 5) is 4.86. The highest BCUT2D eigenvalue weighted by Crippen LogP contribution is 2.32. The van der Waals surface area contributed by atoms with Crippen molar-refractivity contribution in [2.24, 2.45) is 0 Å². The van der Waals surface area contributed by atoms with E-state index < -0.39 is 0 Å². The lowest BCUT2D eigenvalue weighted by atomic mass is 9.92. The van der Waals surface area contributed by atoms with Gasteiger partial charge in [0.15, 0.2) is 11.5 Å². The Kier molecular flexibility index (Phi) is 9.72. The fourth-order valence-electron chi connectivity index (χ4n) is 5.05. The molecule has 0 radical (unpaired) electrons. The van der Waals surface area contributed by atoms with Gasteiger partial charge in [-0.05, 0) is 105 Å². The number of phenols is 1. The van der Waals surface area contributed by atoms with E-state index in [-0.39, 0.29) is 0 Å². The van der Waals surface area contributed by atoms with E-state index in [0.717, 1.165) is 43.1 Å². The molecule has 0 aromatic heterocycles. The zero-order chi connectivity index (χ0) is 26.0. The van der Waals surface area contributed by atoms with Crippen LogP contribution in [0.1, 0.15) is 48.4 Å². The van der Waals surface area contributed by atoms with Crippen LogP contribution in [0.2, 0.25) is 0 Å². The molecule has 3 aromatic carbocycles. The van der Waals surface area contributed by atoms with Crippen LogP contribution in [-0.2, 0) is 25.8 Å². The Hall–Kier alpha value is -3.18. The van der Waals surface area contributed by atoms with E-state index in [1.54, 1.807) is 20.3 Å². The number of fused-ring (bicyclic) bond motifs is 1. The van der Waals surface area contributed by atoms with Gasteiger partial charge in [0.2, 0.25) is 0 Å². The number of anilines is 1. The van der Waals surface area contributed by atoms with Crippen LogP contribution in [0, 0.1) is 0 Å². The normalized spacial score (nSPS) is 14.6. The number of hydrogen-bond donors (Lipinski definition) is 1. The van der Waals surface area contributed by atoms with Crippen molar-refractivity contribution >= 4 is 5.69 Å². The molecule has 5 nitrogen and oxygen atoms in total. The standard InChI is InChI=1S/C22H30N2O2.C10H12O/c1-4-24(20-10-11-21(25-2)22(16-20)26-3)17-19-8-6-18(7-9-19)12-15-23-13-5-14-23;11-10-6-5-8-3-1-2-4-9(8)7-10/h6-11,16H,4-5,12-15,17H2,1-3H3;5-7,11H,1-4H2. The van der Waals surface area contributed by atoms with Crippen LogP contribution in [0.3, 0.4) is 0 Å². The first-order valence-corrected chi connectivity index (χ1v) is 13.7. The SMILES string of the molecule is CCN(Cc1ccc(CCN2CCC2)cc1)c1ccc(OC)c(OC)c1.Oc1ccc2c(c1)CCCC2. The number of hydrogen-bond acceptors (Lipinski definition) is 5. The van der Waals surface area contributed by atoms with E-state index in [4.69, 9.17) is 9.47 Å². The van der Waals surface area contributed by atoms with E-state index in [9.17, 15) is 5.11 Å². The lowest BCUT2D eigenvalue weighted by Gasteiger charge is -2.30. The highest BCUT2D eigenvalue weighted by molar-refractivity contribution is 5.56. The molecule has 37 heavy (non-hydrogen) atoms. The summed E-state index contributed by atoms with van der Waals surface area (Å²) in [6.45, 7) is 7.73. The van der Waals surface area contributed by atoms with Crippen LogP contribution >= 0.6 is 0 Å². The molecular weight excluding hydrogens is 460 g/mol. The summed E-state index contributed by atoms with van der Waals surface area (Å²) < 4.78 is 10.8. The van der Waals surface area contributed by atoms with Gasteiger partial charge in [-0.15, -0.1) is 0 Å². The molecule has 5 heteroatoms. The van der Waals surface area contributed by atoms with Gasteiger partial charge in [-0.3, -0.25) is 0 Å². The second-order valence-corrected chi connectivity index (χ2v) is 9.98. The van der Waals surface area contributed by atoms with Crippen molar-refractivity contribution in [3.8, 4) is 17.2 Å². The summed E-state index contributed by atoms with van der Waals surface area (Å²) in [7, 11) is 3.34. The number of aromatic hydroxyl groups is 1. The number of nitrogens with zero attached hydrogens (tertiary/aromatic N) is 2. The molecule has 3 aromatic rings. The highest BCUT2D eigenvalue weighted by atomic mass is 16.5. The lowest BCUT2D eigenvalue weighted by Crippen LogP contribution is -2.38. The molecule has 198 valence electrons. The van der Waals surface area contributed by atoms with E-state index >= 15 is 0 Å². The zero-order valence-electron chi connectivity index (χ0n) is 22.7. The third-order valence-corrected chi connectivity index (χ3v) is 7.51. The smallest absolute Gasteiger partial charge is 0.162 e. The number of aryl methyl sites for hydroxylation is 2. The lowest BCUT2D eigenvalue weighted by molar-refractivity contribution is 0.184. The summed E-state index contributed by atoms with van der Waals surface area (Å²) in [6.07, 6.45) is 7.42. The molecule has 0 amide bonds. The minimum atomic E-state index is 0.408. The molecule has 1 fully saturated rings. The highest BCUT2D eigenvalue weighted by Gasteiger charge is 2.13. The van der Waals surface area contributed by atoms with Crippen LogP contribution in [0.15, 0.2) is 60.7 Å². The molecule has 2 aliphatic rings. The second-order valence-electron chi connectivity index (χ2n) is 9.98. The zero-order valence-corrected chi connectivity index (χ0v) is 22.7. The first-order valence-electron chi connectivity index (χ1n) is 13.7. The van der Waals surface area contributed by atoms with Gasteiger partial charge in [0.05, 0.1) is 14.2 Å². The van der Waals surface area contributed by atoms with Crippen molar-refractivity contribution in [2.45, 2.75) is 52.0 Å². The average Bonchev–Trinajstić information content (AvgIpc) is 2.91. The Morgan fingerprint density at radius 3 is 2.14 bits per heavy atom. The van der Waals surface area contributed by atoms with Crippen LogP contribution in [0.4, 0.5) is 5.69 Å². The van der Waals surface area contributed by atoms with Gasteiger partial charge in [0, 0.05) is 31.4 Å². The second kappa shape index (κ2) is 13.4. The van der Waals surface area contributed by atoms with Gasteiger partial charge in [0.1, 0.15) is 5.75 Å². The minimum Gasteiger partial charge on any atom is -0.508 e. The maximum atomic E-state index is 9.19. The molecule has 0 saturated carbocycles. The molecule has 1 heterocycles. The average molecular weight is 503 g/mol. The molecule has 1 N–H and O–H groups in total. The Labute approximate surface area is 222 Å². The summed E-state index contributed by atoms with van der Waals surface area (Å²) in [6, 6.07) is 20.9. The van der Waals surface area contributed by atoms with E-state index in [2.05, 4.69) is 47.1 Å². The van der Waals surface area contributed by atoms with Gasteiger partial charge in [-0.2, -0.15) is 0 Å². The number of likely N-dealkylation sites (tertiary alicyclic amines) is 1. The number of methoxy groups -OCH3 is 2. The molecule has 0 spiro atoms. The summed E-state index contributed by atoms with van der Waals surface area (Å²) in [5.41, 5.74) is 6.67. The van der Waals surface area contributed by atoms with Crippen LogP contribution in [-0.4, -0.2) is 50.4 Å². The number of benzene rings is 3. The third kappa shape index (κ3) is 7.42. The third-order valence-electron chi connectivity index (χ3n) is 7.51. The maximum Gasteiger partial charge on any atom is 0.162 e. The molecule has 0 bridgehead atoms. The van der Waals surface area contributed by atoms with E-state index in [1.165, 1.54) is 67.6 Å². The molecule has 1 aliphatic heterocycles. The Morgan fingerprint density at radius 2 is 1.49 bits per heavy atom. The Bertz CT molecular complexity index is 1130. The molecule has 5 rings (SSSR count). The van der Waals surface area contributed by atoms with Crippen molar-refractivity contribution in [3.05, 3.63) is 82.9 Å². The van der Waals surface area contributed by atoms with Gasteiger partial charge in [-0.1, -0.05) is 30.3 Å². The van der Waals surface area contributed by atoms with Crippen molar-refractivity contribution in [2.75, 3.05) is 45.3 Å². The van der Waals surface area contributed by atoms with Crippen molar-refractivity contribution in [1.29, 1.82) is 0 Å².